The van der Waals surface area contributed by atoms with Gasteiger partial charge in [0.15, 0.2) is 0 Å². The van der Waals surface area contributed by atoms with Crippen molar-refractivity contribution in [3.8, 4) is 0 Å². The molecule has 1 atom stereocenters. The summed E-state index contributed by atoms with van der Waals surface area (Å²) in [5.41, 5.74) is 1.93. The average molecular weight is 344 g/mol. The van der Waals surface area contributed by atoms with Gasteiger partial charge in [-0.25, -0.2) is 4.98 Å². The van der Waals surface area contributed by atoms with E-state index in [1.807, 2.05) is 31.3 Å². The molecule has 0 aromatic carbocycles. The third-order valence-corrected chi connectivity index (χ3v) is 4.29. The molecule has 1 fully saturated rings. The summed E-state index contributed by atoms with van der Waals surface area (Å²) in [6, 6.07) is 5.78. The lowest BCUT2D eigenvalue weighted by atomic mass is 10.1. The molecule has 1 amide bonds. The fourth-order valence-electron chi connectivity index (χ4n) is 2.89. The van der Waals surface area contributed by atoms with Crippen LogP contribution >= 0.6 is 0 Å². The average Bonchev–Trinajstić information content (AvgIpc) is 3.06. The first kappa shape index (κ1) is 17.4. The summed E-state index contributed by atoms with van der Waals surface area (Å²) in [5, 5.41) is 3.79. The van der Waals surface area contributed by atoms with Gasteiger partial charge in [0.2, 0.25) is 5.76 Å². The van der Waals surface area contributed by atoms with E-state index in [2.05, 4.69) is 16.2 Å². The van der Waals surface area contributed by atoms with Crippen molar-refractivity contribution in [2.24, 2.45) is 0 Å². The summed E-state index contributed by atoms with van der Waals surface area (Å²) in [5.74, 6) is 1.12. The topological polar surface area (TPSA) is 71.7 Å². The number of rotatable bonds is 5. The number of pyridine rings is 1. The number of amides is 1. The van der Waals surface area contributed by atoms with Crippen molar-refractivity contribution in [3.05, 3.63) is 41.4 Å². The van der Waals surface area contributed by atoms with Gasteiger partial charge >= 0.3 is 0 Å². The zero-order chi connectivity index (χ0) is 17.8. The summed E-state index contributed by atoms with van der Waals surface area (Å²) in [4.78, 5) is 20.6. The monoisotopic (exact) mass is 344 g/mol. The highest BCUT2D eigenvalue weighted by atomic mass is 16.5. The molecule has 1 unspecified atom stereocenters. The molecule has 25 heavy (non-hydrogen) atoms. The molecule has 1 saturated heterocycles. The Kier molecular flexibility index (Phi) is 5.33. The predicted molar refractivity (Wildman–Crippen MR) is 93.8 cm³/mol. The van der Waals surface area contributed by atoms with Crippen LogP contribution in [0.5, 0.6) is 0 Å². The quantitative estimate of drug-likeness (QED) is 0.825. The van der Waals surface area contributed by atoms with Crippen molar-refractivity contribution in [3.63, 3.8) is 0 Å². The van der Waals surface area contributed by atoms with E-state index in [0.717, 1.165) is 18.7 Å². The summed E-state index contributed by atoms with van der Waals surface area (Å²) in [6.45, 7) is 3.50. The Bertz CT molecular complexity index is 729. The summed E-state index contributed by atoms with van der Waals surface area (Å²) >= 11 is 0. The minimum Gasteiger partial charge on any atom is -0.375 e. The normalized spacial score (nSPS) is 17.6. The van der Waals surface area contributed by atoms with Crippen LogP contribution < -0.4 is 4.90 Å². The number of hydrogen-bond donors (Lipinski definition) is 0. The first-order valence-electron chi connectivity index (χ1n) is 8.49. The Balaban J connectivity index is 1.57. The zero-order valence-corrected chi connectivity index (χ0v) is 14.9. The summed E-state index contributed by atoms with van der Waals surface area (Å²) in [7, 11) is 3.95. The van der Waals surface area contributed by atoms with Gasteiger partial charge in [-0.15, -0.1) is 0 Å². The first-order valence-corrected chi connectivity index (χ1v) is 8.49. The van der Waals surface area contributed by atoms with Crippen LogP contribution in [0.2, 0.25) is 0 Å². The van der Waals surface area contributed by atoms with Gasteiger partial charge in [0.05, 0.1) is 18.4 Å². The van der Waals surface area contributed by atoms with Gasteiger partial charge in [0, 0.05) is 39.4 Å². The Hall–Kier alpha value is -2.41. The van der Waals surface area contributed by atoms with Crippen molar-refractivity contribution >= 4 is 11.7 Å². The van der Waals surface area contributed by atoms with Gasteiger partial charge in [-0.1, -0.05) is 5.16 Å². The maximum atomic E-state index is 12.5. The van der Waals surface area contributed by atoms with E-state index in [1.54, 1.807) is 17.9 Å². The maximum Gasteiger partial charge on any atom is 0.292 e. The van der Waals surface area contributed by atoms with E-state index >= 15 is 0 Å². The van der Waals surface area contributed by atoms with Crippen LogP contribution in [0.3, 0.4) is 0 Å². The molecule has 0 bridgehead atoms. The van der Waals surface area contributed by atoms with E-state index in [-0.39, 0.29) is 12.0 Å². The van der Waals surface area contributed by atoms with E-state index in [9.17, 15) is 4.79 Å². The molecule has 2 aromatic rings. The fraction of sp³-hybridized carbons (Fsp3) is 0.500. The van der Waals surface area contributed by atoms with E-state index in [0.29, 0.717) is 31.2 Å². The molecule has 3 rings (SSSR count). The standard InChI is InChI=1S/C18H24N4O3/c1-13-10-16(25-20-13)18(23)22-8-9-24-15(12-22)5-4-14-6-7-19-17(11-14)21(2)3/h6-7,10-11,15H,4-5,8-9,12H2,1-3H3. The molecule has 2 aromatic heterocycles. The van der Waals surface area contributed by atoms with Gasteiger partial charge < -0.3 is 19.1 Å². The fourth-order valence-corrected chi connectivity index (χ4v) is 2.89. The van der Waals surface area contributed by atoms with Gasteiger partial charge in [-0.3, -0.25) is 4.79 Å². The summed E-state index contributed by atoms with van der Waals surface area (Å²) < 4.78 is 10.9. The van der Waals surface area contributed by atoms with E-state index in [4.69, 9.17) is 9.26 Å². The Morgan fingerprint density at radius 1 is 1.40 bits per heavy atom. The molecule has 7 heteroatoms. The van der Waals surface area contributed by atoms with E-state index in [1.165, 1.54) is 5.56 Å². The number of ether oxygens (including phenoxy) is 1. The second-order valence-corrected chi connectivity index (χ2v) is 6.53. The van der Waals surface area contributed by atoms with Crippen LogP contribution in [0, 0.1) is 6.92 Å². The predicted octanol–water partition coefficient (Wildman–Crippen LogP) is 1.92. The molecule has 134 valence electrons. The van der Waals surface area contributed by atoms with Crippen molar-refractivity contribution < 1.29 is 14.1 Å². The maximum absolute atomic E-state index is 12.5. The number of aromatic nitrogens is 2. The molecular weight excluding hydrogens is 320 g/mol. The third kappa shape index (κ3) is 4.36. The van der Waals surface area contributed by atoms with Crippen LogP contribution in [-0.2, 0) is 11.2 Å². The third-order valence-electron chi connectivity index (χ3n) is 4.29. The van der Waals surface area contributed by atoms with Gasteiger partial charge in [-0.05, 0) is 37.5 Å². The summed E-state index contributed by atoms with van der Waals surface area (Å²) in [6.07, 6.45) is 3.60. The molecule has 0 N–H and O–H groups in total. The lowest BCUT2D eigenvalue weighted by Crippen LogP contribution is -2.45. The number of morpholine rings is 1. The smallest absolute Gasteiger partial charge is 0.292 e. The molecule has 3 heterocycles. The Labute approximate surface area is 147 Å². The number of aryl methyl sites for hydroxylation is 2. The molecular formula is C18H24N4O3. The Morgan fingerprint density at radius 3 is 2.96 bits per heavy atom. The minimum absolute atomic E-state index is 0.0256. The van der Waals surface area contributed by atoms with Crippen LogP contribution in [0.25, 0.3) is 0 Å². The van der Waals surface area contributed by atoms with Gasteiger partial charge in [-0.2, -0.15) is 0 Å². The zero-order valence-electron chi connectivity index (χ0n) is 14.9. The van der Waals surface area contributed by atoms with Crippen molar-refractivity contribution in [1.29, 1.82) is 0 Å². The van der Waals surface area contributed by atoms with Gasteiger partial charge in [0.25, 0.3) is 5.91 Å². The minimum atomic E-state index is -0.118. The van der Waals surface area contributed by atoms with E-state index < -0.39 is 0 Å². The molecule has 1 aliphatic heterocycles. The second kappa shape index (κ2) is 7.65. The van der Waals surface area contributed by atoms with Crippen LogP contribution in [-0.4, -0.2) is 60.8 Å². The molecule has 0 radical (unpaired) electrons. The number of anilines is 1. The van der Waals surface area contributed by atoms with Crippen molar-refractivity contribution in [1.82, 2.24) is 15.0 Å². The lowest BCUT2D eigenvalue weighted by molar-refractivity contribution is -0.0257. The number of carbonyl (C=O) groups excluding carboxylic acids is 1. The highest BCUT2D eigenvalue weighted by Gasteiger charge is 2.27. The number of nitrogens with zero attached hydrogens (tertiary/aromatic N) is 4. The van der Waals surface area contributed by atoms with Crippen molar-refractivity contribution in [2.45, 2.75) is 25.9 Å². The number of carbonyl (C=O) groups is 1. The first-order chi connectivity index (χ1) is 12.0. The van der Waals surface area contributed by atoms with Gasteiger partial charge in [0.1, 0.15) is 5.82 Å². The molecule has 0 aliphatic carbocycles. The SMILES string of the molecule is Cc1cc(C(=O)N2CCOC(CCc3ccnc(N(C)C)c3)C2)on1. The van der Waals surface area contributed by atoms with Crippen LogP contribution in [0.4, 0.5) is 5.82 Å². The largest absolute Gasteiger partial charge is 0.375 e. The number of hydrogen-bond acceptors (Lipinski definition) is 6. The highest BCUT2D eigenvalue weighted by Crippen LogP contribution is 2.17. The van der Waals surface area contributed by atoms with Crippen molar-refractivity contribution in [2.75, 3.05) is 38.7 Å². The molecule has 1 aliphatic rings. The second-order valence-electron chi connectivity index (χ2n) is 6.53. The lowest BCUT2D eigenvalue weighted by Gasteiger charge is -2.32. The van der Waals surface area contributed by atoms with Crippen LogP contribution in [0.15, 0.2) is 28.9 Å². The molecule has 7 nitrogen and oxygen atoms in total. The highest BCUT2D eigenvalue weighted by molar-refractivity contribution is 5.91. The molecule has 0 spiro atoms. The van der Waals surface area contributed by atoms with Crippen LogP contribution in [0.1, 0.15) is 28.2 Å². The molecule has 0 saturated carbocycles. The Morgan fingerprint density at radius 2 is 2.24 bits per heavy atom.